The van der Waals surface area contributed by atoms with Crippen LogP contribution in [0.25, 0.3) is 27.9 Å². The number of fused-ring (bicyclic) bond motifs is 1. The van der Waals surface area contributed by atoms with Crippen LogP contribution in [0.15, 0.2) is 47.4 Å². The lowest BCUT2D eigenvalue weighted by molar-refractivity contribution is -0.141. The smallest absolute Gasteiger partial charge is 0.307 e. The third kappa shape index (κ3) is 5.92. The van der Waals surface area contributed by atoms with Crippen LogP contribution in [0.1, 0.15) is 30.7 Å². The van der Waals surface area contributed by atoms with Crippen LogP contribution in [0.2, 0.25) is 5.02 Å². The van der Waals surface area contributed by atoms with Crippen LogP contribution in [0, 0.1) is 5.92 Å². The van der Waals surface area contributed by atoms with E-state index in [0.29, 0.717) is 73.5 Å². The first kappa shape index (κ1) is 29.8. The minimum Gasteiger partial charge on any atom is -0.481 e. The number of hydrogen-bond donors (Lipinski definition) is 3. The van der Waals surface area contributed by atoms with Gasteiger partial charge in [0.05, 0.1) is 30.3 Å². The largest absolute Gasteiger partial charge is 0.481 e. The SMILES string of the molecule is COc1nc(-c2cccc(-c3cc4c(=O)n(C)c(CN5CC[C@H](C(=O)O)C5)nn4c3)c2Cl)ccc1CNC[C@@H]1CCC(=O)N1. The van der Waals surface area contributed by atoms with Gasteiger partial charge < -0.3 is 20.5 Å². The van der Waals surface area contributed by atoms with Crippen molar-refractivity contribution in [1.29, 1.82) is 0 Å². The highest BCUT2D eigenvalue weighted by molar-refractivity contribution is 6.36. The number of halogens is 1. The second-order valence-corrected chi connectivity index (χ2v) is 11.7. The number of nitrogens with one attached hydrogen (secondary N) is 2. The van der Waals surface area contributed by atoms with E-state index in [4.69, 9.17) is 26.4 Å². The molecule has 230 valence electrons. The summed E-state index contributed by atoms with van der Waals surface area (Å²) in [6, 6.07) is 11.4. The highest BCUT2D eigenvalue weighted by Crippen LogP contribution is 2.37. The predicted octanol–water partition coefficient (Wildman–Crippen LogP) is 2.70. The van der Waals surface area contributed by atoms with E-state index in [9.17, 15) is 19.5 Å². The van der Waals surface area contributed by atoms with Gasteiger partial charge in [0.15, 0.2) is 0 Å². The van der Waals surface area contributed by atoms with Gasteiger partial charge in [-0.1, -0.05) is 35.9 Å². The average Bonchev–Trinajstić information content (AvgIpc) is 3.76. The minimum absolute atomic E-state index is 0.0891. The first-order chi connectivity index (χ1) is 21.2. The van der Waals surface area contributed by atoms with E-state index < -0.39 is 11.9 Å². The molecule has 0 bridgehead atoms. The molecule has 0 unspecified atom stereocenters. The van der Waals surface area contributed by atoms with Crippen molar-refractivity contribution in [3.8, 4) is 28.3 Å². The maximum Gasteiger partial charge on any atom is 0.307 e. The summed E-state index contributed by atoms with van der Waals surface area (Å²) in [6.07, 6.45) is 3.75. The number of rotatable bonds is 10. The molecule has 12 nitrogen and oxygen atoms in total. The van der Waals surface area contributed by atoms with Gasteiger partial charge in [0, 0.05) is 67.6 Å². The second kappa shape index (κ2) is 12.4. The van der Waals surface area contributed by atoms with Crippen molar-refractivity contribution >= 4 is 29.0 Å². The summed E-state index contributed by atoms with van der Waals surface area (Å²) in [6.45, 7) is 2.65. The number of likely N-dealkylation sites (tertiary alicyclic amines) is 1. The molecule has 2 atom stereocenters. The summed E-state index contributed by atoms with van der Waals surface area (Å²) in [5.74, 6) is -0.0829. The quantitative estimate of drug-likeness (QED) is 0.244. The van der Waals surface area contributed by atoms with Crippen LogP contribution < -0.4 is 20.9 Å². The summed E-state index contributed by atoms with van der Waals surface area (Å²) in [5, 5.41) is 20.8. The molecule has 2 aliphatic heterocycles. The number of amides is 1. The van der Waals surface area contributed by atoms with Crippen molar-refractivity contribution in [2.75, 3.05) is 26.7 Å². The van der Waals surface area contributed by atoms with Gasteiger partial charge in [-0.2, -0.15) is 5.10 Å². The molecule has 1 amide bonds. The van der Waals surface area contributed by atoms with Crippen molar-refractivity contribution in [1.82, 2.24) is 34.7 Å². The molecular formula is C31H34ClN7O5. The number of carboxylic acids is 1. The molecule has 2 aliphatic rings. The number of carbonyl (C=O) groups excluding carboxylic acids is 1. The fraction of sp³-hybridized carbons (Fsp3) is 0.387. The van der Waals surface area contributed by atoms with Crippen molar-refractivity contribution in [3.05, 3.63) is 69.4 Å². The number of carbonyl (C=O) groups is 2. The number of aromatic nitrogens is 4. The normalized spacial score (nSPS) is 18.7. The molecule has 13 heteroatoms. The molecule has 44 heavy (non-hydrogen) atoms. The van der Waals surface area contributed by atoms with E-state index in [0.717, 1.165) is 28.7 Å². The lowest BCUT2D eigenvalue weighted by Crippen LogP contribution is -2.35. The van der Waals surface area contributed by atoms with Gasteiger partial charge in [0.2, 0.25) is 11.8 Å². The molecule has 0 aliphatic carbocycles. The van der Waals surface area contributed by atoms with Gasteiger partial charge in [-0.25, -0.2) is 9.50 Å². The minimum atomic E-state index is -0.799. The molecule has 0 spiro atoms. The number of ether oxygens (including phenoxy) is 1. The zero-order valence-electron chi connectivity index (χ0n) is 24.5. The summed E-state index contributed by atoms with van der Waals surface area (Å²) < 4.78 is 8.68. The second-order valence-electron chi connectivity index (χ2n) is 11.4. The Balaban J connectivity index is 1.24. The fourth-order valence-corrected chi connectivity index (χ4v) is 6.26. The zero-order chi connectivity index (χ0) is 31.0. The van der Waals surface area contributed by atoms with Gasteiger partial charge in [-0.15, -0.1) is 0 Å². The highest BCUT2D eigenvalue weighted by atomic mass is 35.5. The Labute approximate surface area is 258 Å². The van der Waals surface area contributed by atoms with E-state index in [1.165, 1.54) is 4.57 Å². The van der Waals surface area contributed by atoms with Gasteiger partial charge in [0.25, 0.3) is 5.56 Å². The van der Waals surface area contributed by atoms with E-state index in [-0.39, 0.29) is 17.5 Å². The first-order valence-corrected chi connectivity index (χ1v) is 15.0. The third-order valence-corrected chi connectivity index (χ3v) is 8.84. The number of nitrogens with zero attached hydrogens (tertiary/aromatic N) is 5. The van der Waals surface area contributed by atoms with Gasteiger partial charge in [0.1, 0.15) is 11.3 Å². The Morgan fingerprint density at radius 3 is 2.75 bits per heavy atom. The Hall–Kier alpha value is -4.26. The Bertz CT molecular complexity index is 1800. The molecule has 4 aromatic rings. The van der Waals surface area contributed by atoms with Crippen molar-refractivity contribution in [2.24, 2.45) is 13.0 Å². The molecule has 1 aromatic carbocycles. The zero-order valence-corrected chi connectivity index (χ0v) is 25.3. The average molecular weight is 620 g/mol. The molecule has 0 saturated carbocycles. The van der Waals surface area contributed by atoms with Crippen LogP contribution in [-0.2, 0) is 29.7 Å². The van der Waals surface area contributed by atoms with E-state index in [1.807, 2.05) is 35.2 Å². The monoisotopic (exact) mass is 619 g/mol. The molecule has 0 radical (unpaired) electrons. The van der Waals surface area contributed by atoms with Crippen LogP contribution in [0.5, 0.6) is 5.88 Å². The Kier molecular flexibility index (Phi) is 8.39. The van der Waals surface area contributed by atoms with Gasteiger partial charge in [-0.05, 0) is 31.5 Å². The van der Waals surface area contributed by atoms with Crippen molar-refractivity contribution in [2.45, 2.75) is 38.4 Å². The number of hydrogen-bond acceptors (Lipinski definition) is 8. The standard InChI is InChI=1S/C31H34ClN7O5/c1-37-26(17-38-11-10-19(15-38)31(42)43)36-39-16-20(12-25(39)30(37)41)22-4-3-5-23(28(22)32)24-8-6-18(29(35-24)44-2)13-33-14-21-7-9-27(40)34-21/h3-6,8,12,16,19,21,33H,7,9-11,13-15,17H2,1-2H3,(H,34,40)(H,42,43)/t19-,21-/m0/s1. The predicted molar refractivity (Wildman–Crippen MR) is 165 cm³/mol. The number of carboxylic acid groups (broad SMARTS) is 1. The van der Waals surface area contributed by atoms with E-state index >= 15 is 0 Å². The Morgan fingerprint density at radius 2 is 2.02 bits per heavy atom. The van der Waals surface area contributed by atoms with E-state index in [2.05, 4.69) is 10.6 Å². The maximum atomic E-state index is 13.3. The third-order valence-electron chi connectivity index (χ3n) is 8.43. The molecule has 5 heterocycles. The lowest BCUT2D eigenvalue weighted by Gasteiger charge is -2.16. The summed E-state index contributed by atoms with van der Waals surface area (Å²) in [4.78, 5) is 42.9. The van der Waals surface area contributed by atoms with Gasteiger partial charge in [-0.3, -0.25) is 23.9 Å². The molecular weight excluding hydrogens is 586 g/mol. The molecule has 6 rings (SSSR count). The molecule has 3 N–H and O–H groups in total. The number of methoxy groups -OCH3 is 1. The molecule has 3 aromatic heterocycles. The van der Waals surface area contributed by atoms with Crippen LogP contribution >= 0.6 is 11.6 Å². The fourth-order valence-electron chi connectivity index (χ4n) is 5.93. The number of aliphatic carboxylic acids is 1. The first-order valence-electron chi connectivity index (χ1n) is 14.6. The number of pyridine rings is 1. The molecule has 2 saturated heterocycles. The van der Waals surface area contributed by atoms with Crippen LogP contribution in [-0.4, -0.2) is 73.8 Å². The van der Waals surface area contributed by atoms with Crippen molar-refractivity contribution in [3.63, 3.8) is 0 Å². The Morgan fingerprint density at radius 1 is 1.20 bits per heavy atom. The summed E-state index contributed by atoms with van der Waals surface area (Å²) >= 11 is 6.97. The van der Waals surface area contributed by atoms with Crippen LogP contribution in [0.4, 0.5) is 0 Å². The molecule has 2 fully saturated rings. The topological polar surface area (TPSA) is 143 Å². The summed E-state index contributed by atoms with van der Waals surface area (Å²) in [5.41, 5.74) is 3.92. The number of benzene rings is 1. The van der Waals surface area contributed by atoms with E-state index in [1.54, 1.807) is 30.9 Å². The summed E-state index contributed by atoms with van der Waals surface area (Å²) in [7, 11) is 3.26. The maximum absolute atomic E-state index is 13.3. The highest BCUT2D eigenvalue weighted by Gasteiger charge is 2.29. The lowest BCUT2D eigenvalue weighted by atomic mass is 10.0. The van der Waals surface area contributed by atoms with Gasteiger partial charge >= 0.3 is 5.97 Å². The van der Waals surface area contributed by atoms with Crippen molar-refractivity contribution < 1.29 is 19.4 Å². The van der Waals surface area contributed by atoms with Crippen LogP contribution in [0.3, 0.4) is 0 Å².